The van der Waals surface area contributed by atoms with Crippen LogP contribution in [0, 0.1) is 0 Å². The van der Waals surface area contributed by atoms with Crippen LogP contribution in [0.15, 0.2) is 24.5 Å². The molecule has 0 spiro atoms. The standard InChI is InChI=1S/C10H4F6N2/c11-9(12,13)7-1-5-3-17-18-4-6(5)2-8(7)10(14,15)16/h1-4H. The third-order valence-electron chi connectivity index (χ3n) is 2.29. The van der Waals surface area contributed by atoms with Gasteiger partial charge in [0.15, 0.2) is 0 Å². The van der Waals surface area contributed by atoms with Crippen molar-refractivity contribution in [2.75, 3.05) is 0 Å². The molecule has 0 saturated heterocycles. The molecule has 0 radical (unpaired) electrons. The fraction of sp³-hybridized carbons (Fsp3) is 0.200. The van der Waals surface area contributed by atoms with E-state index in [0.717, 1.165) is 12.4 Å². The van der Waals surface area contributed by atoms with E-state index < -0.39 is 23.5 Å². The molecule has 2 nitrogen and oxygen atoms in total. The summed E-state index contributed by atoms with van der Waals surface area (Å²) in [5.74, 6) is 0. The van der Waals surface area contributed by atoms with Crippen LogP contribution in [0.1, 0.15) is 11.1 Å². The zero-order valence-corrected chi connectivity index (χ0v) is 8.47. The quantitative estimate of drug-likeness (QED) is 0.680. The highest BCUT2D eigenvalue weighted by Crippen LogP contribution is 2.41. The van der Waals surface area contributed by atoms with E-state index in [9.17, 15) is 26.3 Å². The van der Waals surface area contributed by atoms with Gasteiger partial charge in [0, 0.05) is 10.8 Å². The molecule has 0 atom stereocenters. The van der Waals surface area contributed by atoms with Gasteiger partial charge in [-0.3, -0.25) is 0 Å². The number of nitrogens with zero attached hydrogens (tertiary/aromatic N) is 2. The monoisotopic (exact) mass is 266 g/mol. The molecule has 0 saturated carbocycles. The first-order valence-corrected chi connectivity index (χ1v) is 4.58. The number of rotatable bonds is 0. The number of aromatic nitrogens is 2. The highest BCUT2D eigenvalue weighted by Gasteiger charge is 2.43. The number of hydrogen-bond donors (Lipinski definition) is 0. The smallest absolute Gasteiger partial charge is 0.166 e. The molecule has 2 aromatic rings. The molecular formula is C10H4F6N2. The normalized spacial score (nSPS) is 13.0. The van der Waals surface area contributed by atoms with Crippen molar-refractivity contribution in [1.82, 2.24) is 10.2 Å². The van der Waals surface area contributed by atoms with Crippen molar-refractivity contribution in [2.45, 2.75) is 12.4 Å². The first kappa shape index (κ1) is 12.6. The Hall–Kier alpha value is -1.86. The number of benzene rings is 1. The third kappa shape index (κ3) is 2.22. The molecule has 0 aliphatic carbocycles. The van der Waals surface area contributed by atoms with Gasteiger partial charge in [0.05, 0.1) is 23.5 Å². The third-order valence-corrected chi connectivity index (χ3v) is 2.29. The molecule has 18 heavy (non-hydrogen) atoms. The highest BCUT2D eigenvalue weighted by atomic mass is 19.4. The summed E-state index contributed by atoms with van der Waals surface area (Å²) >= 11 is 0. The van der Waals surface area contributed by atoms with Crippen molar-refractivity contribution in [3.05, 3.63) is 35.7 Å². The summed E-state index contributed by atoms with van der Waals surface area (Å²) < 4.78 is 75.4. The minimum absolute atomic E-state index is 0.0506. The summed E-state index contributed by atoms with van der Waals surface area (Å²) in [6, 6.07) is 0.847. The zero-order valence-electron chi connectivity index (χ0n) is 8.47. The maximum absolute atomic E-state index is 12.6. The molecule has 96 valence electrons. The molecule has 0 amide bonds. The molecule has 8 heteroatoms. The average Bonchev–Trinajstić information content (AvgIpc) is 2.25. The Morgan fingerprint density at radius 2 is 1.00 bits per heavy atom. The maximum atomic E-state index is 12.6. The summed E-state index contributed by atoms with van der Waals surface area (Å²) in [5, 5.41) is 6.56. The van der Waals surface area contributed by atoms with Crippen molar-refractivity contribution >= 4 is 10.8 Å². The van der Waals surface area contributed by atoms with Crippen molar-refractivity contribution < 1.29 is 26.3 Å². The number of halogens is 6. The van der Waals surface area contributed by atoms with Crippen LogP contribution in [0.4, 0.5) is 26.3 Å². The van der Waals surface area contributed by atoms with Gasteiger partial charge in [-0.05, 0) is 12.1 Å². The molecular weight excluding hydrogens is 262 g/mol. The number of alkyl halides is 6. The van der Waals surface area contributed by atoms with Gasteiger partial charge in [-0.25, -0.2) is 0 Å². The molecule has 1 aromatic carbocycles. The van der Waals surface area contributed by atoms with E-state index in [1.165, 1.54) is 0 Å². The van der Waals surface area contributed by atoms with Crippen LogP contribution in [0.5, 0.6) is 0 Å². The molecule has 0 unspecified atom stereocenters. The summed E-state index contributed by atoms with van der Waals surface area (Å²) in [6.07, 6.45) is -8.21. The van der Waals surface area contributed by atoms with Crippen LogP contribution in [0.25, 0.3) is 10.8 Å². The van der Waals surface area contributed by atoms with E-state index in [2.05, 4.69) is 10.2 Å². The molecule has 1 aromatic heterocycles. The van der Waals surface area contributed by atoms with Gasteiger partial charge >= 0.3 is 12.4 Å². The lowest BCUT2D eigenvalue weighted by atomic mass is 10.0. The number of fused-ring (bicyclic) bond motifs is 1. The van der Waals surface area contributed by atoms with E-state index >= 15 is 0 Å². The second-order valence-electron chi connectivity index (χ2n) is 3.51. The lowest BCUT2D eigenvalue weighted by molar-refractivity contribution is -0.161. The molecule has 0 bridgehead atoms. The minimum atomic E-state index is -5.08. The van der Waals surface area contributed by atoms with E-state index in [4.69, 9.17) is 0 Å². The fourth-order valence-corrected chi connectivity index (χ4v) is 1.52. The van der Waals surface area contributed by atoms with Crippen molar-refractivity contribution in [3.63, 3.8) is 0 Å². The van der Waals surface area contributed by atoms with Crippen LogP contribution in [0.3, 0.4) is 0 Å². The molecule has 1 heterocycles. The maximum Gasteiger partial charge on any atom is 0.417 e. The Morgan fingerprint density at radius 1 is 0.667 bits per heavy atom. The van der Waals surface area contributed by atoms with Gasteiger partial charge in [0.2, 0.25) is 0 Å². The van der Waals surface area contributed by atoms with Gasteiger partial charge < -0.3 is 0 Å². The van der Waals surface area contributed by atoms with E-state index in [1.807, 2.05) is 0 Å². The zero-order chi connectivity index (χ0) is 13.6. The molecule has 0 aliphatic heterocycles. The Balaban J connectivity index is 2.81. The molecule has 2 rings (SSSR count). The van der Waals surface area contributed by atoms with Crippen molar-refractivity contribution in [1.29, 1.82) is 0 Å². The molecule has 0 aliphatic rings. The van der Waals surface area contributed by atoms with Crippen LogP contribution in [-0.2, 0) is 12.4 Å². The topological polar surface area (TPSA) is 25.8 Å². The largest absolute Gasteiger partial charge is 0.417 e. The summed E-state index contributed by atoms with van der Waals surface area (Å²) in [5.41, 5.74) is -3.45. The summed E-state index contributed by atoms with van der Waals surface area (Å²) in [6.45, 7) is 0. The van der Waals surface area contributed by atoms with E-state index in [1.54, 1.807) is 0 Å². The Morgan fingerprint density at radius 3 is 1.28 bits per heavy atom. The van der Waals surface area contributed by atoms with Gasteiger partial charge in [-0.15, -0.1) is 0 Å². The van der Waals surface area contributed by atoms with Crippen LogP contribution in [0.2, 0.25) is 0 Å². The van der Waals surface area contributed by atoms with Gasteiger partial charge in [0.25, 0.3) is 0 Å². The van der Waals surface area contributed by atoms with Crippen molar-refractivity contribution in [3.8, 4) is 0 Å². The molecule has 0 fully saturated rings. The Labute approximate surface area is 96.2 Å². The van der Waals surface area contributed by atoms with Gasteiger partial charge in [-0.2, -0.15) is 36.5 Å². The SMILES string of the molecule is FC(F)(F)c1cc2cnncc2cc1C(F)(F)F. The van der Waals surface area contributed by atoms with E-state index in [-0.39, 0.29) is 10.8 Å². The van der Waals surface area contributed by atoms with Gasteiger partial charge in [-0.1, -0.05) is 0 Å². The van der Waals surface area contributed by atoms with Crippen LogP contribution in [-0.4, -0.2) is 10.2 Å². The second kappa shape index (κ2) is 3.82. The lowest BCUT2D eigenvalue weighted by Gasteiger charge is -2.16. The van der Waals surface area contributed by atoms with Crippen LogP contribution < -0.4 is 0 Å². The minimum Gasteiger partial charge on any atom is -0.166 e. The van der Waals surface area contributed by atoms with Crippen LogP contribution >= 0.6 is 0 Å². The predicted molar refractivity (Wildman–Crippen MR) is 49.5 cm³/mol. The lowest BCUT2D eigenvalue weighted by Crippen LogP contribution is -2.16. The molecule has 0 N–H and O–H groups in total. The first-order chi connectivity index (χ1) is 8.19. The van der Waals surface area contributed by atoms with E-state index in [0.29, 0.717) is 12.1 Å². The Bertz CT molecular complexity index is 534. The number of hydrogen-bond acceptors (Lipinski definition) is 2. The summed E-state index contributed by atoms with van der Waals surface area (Å²) in [4.78, 5) is 0. The van der Waals surface area contributed by atoms with Gasteiger partial charge in [0.1, 0.15) is 0 Å². The average molecular weight is 266 g/mol. The Kier molecular flexibility index (Phi) is 2.67. The first-order valence-electron chi connectivity index (χ1n) is 4.58. The summed E-state index contributed by atoms with van der Waals surface area (Å²) in [7, 11) is 0. The fourth-order valence-electron chi connectivity index (χ4n) is 1.52. The highest BCUT2D eigenvalue weighted by molar-refractivity contribution is 5.82. The predicted octanol–water partition coefficient (Wildman–Crippen LogP) is 3.67. The second-order valence-corrected chi connectivity index (χ2v) is 3.51. The van der Waals surface area contributed by atoms with Crippen molar-refractivity contribution in [2.24, 2.45) is 0 Å².